The van der Waals surface area contributed by atoms with Crippen molar-refractivity contribution in [2.24, 2.45) is 0 Å². The Balaban J connectivity index is 1.82. The van der Waals surface area contributed by atoms with Crippen LogP contribution in [0.3, 0.4) is 0 Å². The molecule has 0 aliphatic carbocycles. The second-order valence-electron chi connectivity index (χ2n) is 10.2. The van der Waals surface area contributed by atoms with Crippen molar-refractivity contribution in [2.75, 3.05) is 6.54 Å². The first kappa shape index (κ1) is 25.5. The summed E-state index contributed by atoms with van der Waals surface area (Å²) in [4.78, 5) is 28.1. The Labute approximate surface area is 216 Å². The van der Waals surface area contributed by atoms with Crippen LogP contribution in [0.5, 0.6) is 5.75 Å². The van der Waals surface area contributed by atoms with Gasteiger partial charge in [-0.3, -0.25) is 9.59 Å². The number of ketones is 1. The Morgan fingerprint density at radius 1 is 0.972 bits per heavy atom. The summed E-state index contributed by atoms with van der Waals surface area (Å²) in [5.74, 6) is -1.50. The number of aryl methyl sites for hydroxylation is 1. The predicted octanol–water partition coefficient (Wildman–Crippen LogP) is 6.32. The molecular formula is C30H30ClNO4. The molecule has 36 heavy (non-hydrogen) atoms. The highest BCUT2D eigenvalue weighted by Crippen LogP contribution is 2.41. The van der Waals surface area contributed by atoms with Gasteiger partial charge in [0.2, 0.25) is 0 Å². The number of nitrogens with zero attached hydrogens (tertiary/aromatic N) is 1. The molecule has 5 nitrogen and oxygen atoms in total. The largest absolute Gasteiger partial charge is 0.508 e. The second kappa shape index (κ2) is 9.82. The molecule has 1 unspecified atom stereocenters. The Hall–Kier alpha value is -3.57. The van der Waals surface area contributed by atoms with Crippen LogP contribution in [0.15, 0.2) is 72.3 Å². The molecule has 2 N–H and O–H groups in total. The zero-order valence-electron chi connectivity index (χ0n) is 20.9. The number of benzene rings is 3. The van der Waals surface area contributed by atoms with Crippen molar-refractivity contribution in [3.05, 3.63) is 105 Å². The van der Waals surface area contributed by atoms with Crippen molar-refractivity contribution in [1.82, 2.24) is 4.90 Å². The number of carbonyl (C=O) groups excluding carboxylic acids is 2. The number of phenols is 1. The van der Waals surface area contributed by atoms with E-state index in [9.17, 15) is 19.8 Å². The molecule has 1 heterocycles. The number of hydrogen-bond donors (Lipinski definition) is 2. The SMILES string of the molecule is Cc1ccc(C(C)(C)C)cc1/C(O)=C1\C(=O)C(=O)N(CCc2ccc(Cl)cc2)C1c1ccc(O)cc1. The van der Waals surface area contributed by atoms with E-state index in [0.29, 0.717) is 22.6 Å². The number of Topliss-reactive ketones (excluding diaryl/α,β-unsaturated/α-hetero) is 1. The lowest BCUT2D eigenvalue weighted by Crippen LogP contribution is -2.31. The fraction of sp³-hybridized carbons (Fsp3) is 0.267. The van der Waals surface area contributed by atoms with Gasteiger partial charge in [-0.1, -0.05) is 68.8 Å². The van der Waals surface area contributed by atoms with Gasteiger partial charge in [-0.2, -0.15) is 0 Å². The molecule has 186 valence electrons. The van der Waals surface area contributed by atoms with E-state index < -0.39 is 17.7 Å². The number of aliphatic hydroxyl groups is 1. The van der Waals surface area contributed by atoms with E-state index in [0.717, 1.165) is 16.7 Å². The average molecular weight is 504 g/mol. The first-order valence-corrected chi connectivity index (χ1v) is 12.3. The van der Waals surface area contributed by atoms with Crippen molar-refractivity contribution in [3.63, 3.8) is 0 Å². The van der Waals surface area contributed by atoms with Crippen LogP contribution >= 0.6 is 11.6 Å². The van der Waals surface area contributed by atoms with E-state index in [1.807, 2.05) is 37.3 Å². The van der Waals surface area contributed by atoms with Crippen molar-refractivity contribution in [2.45, 2.75) is 45.6 Å². The van der Waals surface area contributed by atoms with Gasteiger partial charge in [0.05, 0.1) is 11.6 Å². The third kappa shape index (κ3) is 5.02. The topological polar surface area (TPSA) is 77.8 Å². The van der Waals surface area contributed by atoms with Crippen LogP contribution in [0, 0.1) is 6.92 Å². The first-order chi connectivity index (χ1) is 17.0. The zero-order valence-corrected chi connectivity index (χ0v) is 21.6. The van der Waals surface area contributed by atoms with E-state index in [1.165, 1.54) is 17.0 Å². The molecule has 1 atom stereocenters. The number of amides is 1. The van der Waals surface area contributed by atoms with Gasteiger partial charge in [0.15, 0.2) is 0 Å². The van der Waals surface area contributed by atoms with Crippen LogP contribution < -0.4 is 0 Å². The number of likely N-dealkylation sites (tertiary alicyclic amines) is 1. The standard InChI is InChI=1S/C30H30ClNO4/c1-18-5-10-21(30(2,3)4)17-24(18)27(34)25-26(20-8-13-23(33)14-9-20)32(29(36)28(25)35)16-15-19-6-11-22(31)12-7-19/h5-14,17,26,33-34H,15-16H2,1-4H3/b27-25+. The van der Waals surface area contributed by atoms with Crippen molar-refractivity contribution in [3.8, 4) is 5.75 Å². The lowest BCUT2D eigenvalue weighted by atomic mass is 9.84. The van der Waals surface area contributed by atoms with Gasteiger partial charge in [-0.05, 0) is 71.3 Å². The van der Waals surface area contributed by atoms with Gasteiger partial charge in [0.1, 0.15) is 11.5 Å². The number of carbonyl (C=O) groups is 2. The molecule has 1 aliphatic heterocycles. The van der Waals surface area contributed by atoms with Gasteiger partial charge in [-0.25, -0.2) is 0 Å². The molecule has 6 heteroatoms. The molecule has 1 fully saturated rings. The van der Waals surface area contributed by atoms with Crippen LogP contribution in [0.2, 0.25) is 5.02 Å². The summed E-state index contributed by atoms with van der Waals surface area (Å²) in [7, 11) is 0. The number of aromatic hydroxyl groups is 1. The monoisotopic (exact) mass is 503 g/mol. The van der Waals surface area contributed by atoms with Gasteiger partial charge in [-0.15, -0.1) is 0 Å². The molecule has 3 aromatic rings. The van der Waals surface area contributed by atoms with E-state index >= 15 is 0 Å². The zero-order chi connectivity index (χ0) is 26.2. The van der Waals surface area contributed by atoms with Crippen molar-refractivity contribution >= 4 is 29.1 Å². The maximum Gasteiger partial charge on any atom is 0.295 e. The van der Waals surface area contributed by atoms with Gasteiger partial charge >= 0.3 is 0 Å². The Morgan fingerprint density at radius 3 is 2.22 bits per heavy atom. The van der Waals surface area contributed by atoms with Crippen molar-refractivity contribution in [1.29, 1.82) is 0 Å². The fourth-order valence-electron chi connectivity index (χ4n) is 4.50. The summed E-state index contributed by atoms with van der Waals surface area (Å²) in [6, 6.07) is 18.7. The van der Waals surface area contributed by atoms with Crippen LogP contribution in [0.25, 0.3) is 5.76 Å². The summed E-state index contributed by atoms with van der Waals surface area (Å²) in [5, 5.41) is 22.0. The smallest absolute Gasteiger partial charge is 0.295 e. The average Bonchev–Trinajstić information content (AvgIpc) is 3.08. The van der Waals surface area contributed by atoms with E-state index in [-0.39, 0.29) is 29.0 Å². The summed E-state index contributed by atoms with van der Waals surface area (Å²) >= 11 is 6.00. The second-order valence-corrected chi connectivity index (χ2v) is 10.7. The predicted molar refractivity (Wildman–Crippen MR) is 142 cm³/mol. The molecule has 0 saturated carbocycles. The normalized spacial score (nSPS) is 17.6. The number of aliphatic hydroxyl groups excluding tert-OH is 1. The van der Waals surface area contributed by atoms with Gasteiger partial charge in [0, 0.05) is 17.1 Å². The van der Waals surface area contributed by atoms with E-state index in [1.54, 1.807) is 24.3 Å². The summed E-state index contributed by atoms with van der Waals surface area (Å²) in [5.41, 5.74) is 3.83. The number of halogens is 1. The minimum Gasteiger partial charge on any atom is -0.508 e. The lowest BCUT2D eigenvalue weighted by Gasteiger charge is -2.26. The molecule has 0 radical (unpaired) electrons. The summed E-state index contributed by atoms with van der Waals surface area (Å²) in [6.45, 7) is 8.37. The number of phenolic OH excluding ortho intramolecular Hbond substituents is 1. The minimum absolute atomic E-state index is 0.0518. The maximum absolute atomic E-state index is 13.4. The highest BCUT2D eigenvalue weighted by molar-refractivity contribution is 6.46. The Kier molecular flexibility index (Phi) is 6.96. The van der Waals surface area contributed by atoms with E-state index in [2.05, 4.69) is 20.8 Å². The molecule has 1 saturated heterocycles. The van der Waals surface area contributed by atoms with Gasteiger partial charge in [0.25, 0.3) is 11.7 Å². The Morgan fingerprint density at radius 2 is 1.61 bits per heavy atom. The molecule has 4 rings (SSSR count). The van der Waals surface area contributed by atoms with E-state index in [4.69, 9.17) is 11.6 Å². The highest BCUT2D eigenvalue weighted by Gasteiger charge is 2.46. The molecule has 0 bridgehead atoms. The molecular weight excluding hydrogens is 474 g/mol. The molecule has 1 amide bonds. The van der Waals surface area contributed by atoms with Crippen LogP contribution in [-0.2, 0) is 21.4 Å². The summed E-state index contributed by atoms with van der Waals surface area (Å²) < 4.78 is 0. The third-order valence-corrected chi connectivity index (χ3v) is 6.91. The first-order valence-electron chi connectivity index (χ1n) is 11.9. The molecule has 3 aromatic carbocycles. The lowest BCUT2D eigenvalue weighted by molar-refractivity contribution is -0.139. The van der Waals surface area contributed by atoms with Crippen molar-refractivity contribution < 1.29 is 19.8 Å². The van der Waals surface area contributed by atoms with Crippen LogP contribution in [0.4, 0.5) is 0 Å². The number of hydrogen-bond acceptors (Lipinski definition) is 4. The number of rotatable bonds is 5. The summed E-state index contributed by atoms with van der Waals surface area (Å²) in [6.07, 6.45) is 0.511. The minimum atomic E-state index is -0.782. The maximum atomic E-state index is 13.4. The van der Waals surface area contributed by atoms with Gasteiger partial charge < -0.3 is 15.1 Å². The third-order valence-electron chi connectivity index (χ3n) is 6.66. The highest BCUT2D eigenvalue weighted by atomic mass is 35.5. The fourth-order valence-corrected chi connectivity index (χ4v) is 4.63. The quantitative estimate of drug-likeness (QED) is 0.243. The molecule has 0 aromatic heterocycles. The van der Waals surface area contributed by atoms with Crippen LogP contribution in [0.1, 0.15) is 54.6 Å². The molecule has 1 aliphatic rings. The van der Waals surface area contributed by atoms with Crippen LogP contribution in [-0.4, -0.2) is 33.3 Å². The molecule has 0 spiro atoms. The Bertz CT molecular complexity index is 1330.